The van der Waals surface area contributed by atoms with Crippen molar-refractivity contribution in [3.8, 4) is 0 Å². The molecule has 0 saturated heterocycles. The van der Waals surface area contributed by atoms with Crippen molar-refractivity contribution in [3.63, 3.8) is 0 Å². The quantitative estimate of drug-likeness (QED) is 0.389. The highest BCUT2D eigenvalue weighted by molar-refractivity contribution is 8.01. The summed E-state index contributed by atoms with van der Waals surface area (Å²) in [6, 6.07) is 3.74. The van der Waals surface area contributed by atoms with Crippen LogP contribution < -0.4 is 10.0 Å². The molecule has 3 aromatic rings. The molecule has 1 unspecified atom stereocenters. The van der Waals surface area contributed by atoms with E-state index in [0.717, 1.165) is 21.8 Å². The minimum absolute atomic E-state index is 0.00486. The van der Waals surface area contributed by atoms with Crippen LogP contribution in [0.3, 0.4) is 0 Å². The van der Waals surface area contributed by atoms with E-state index in [2.05, 4.69) is 29.0 Å². The fourth-order valence-electron chi connectivity index (χ4n) is 2.35. The van der Waals surface area contributed by atoms with Gasteiger partial charge in [0.1, 0.15) is 22.0 Å². The predicted molar refractivity (Wildman–Crippen MR) is 111 cm³/mol. The van der Waals surface area contributed by atoms with Crippen LogP contribution >= 0.6 is 34.8 Å². The van der Waals surface area contributed by atoms with Crippen LogP contribution in [-0.2, 0) is 14.8 Å². The molecule has 28 heavy (non-hydrogen) atoms. The SMILES string of the molecule is CCSc1nnc(NC(=O)C(NS(=O)(=O)c2cccc3nsnc23)C(C)C)s1. The zero-order valence-electron chi connectivity index (χ0n) is 15.2. The van der Waals surface area contributed by atoms with Crippen LogP contribution in [-0.4, -0.2) is 45.1 Å². The zero-order valence-corrected chi connectivity index (χ0v) is 18.5. The molecule has 0 radical (unpaired) electrons. The molecule has 0 aliphatic rings. The van der Waals surface area contributed by atoms with E-state index in [0.29, 0.717) is 10.6 Å². The first-order valence-electron chi connectivity index (χ1n) is 8.32. The summed E-state index contributed by atoms with van der Waals surface area (Å²) in [5.74, 6) is 0.0555. The number of sulfonamides is 1. The molecule has 2 aromatic heterocycles. The molecule has 0 aliphatic heterocycles. The van der Waals surface area contributed by atoms with E-state index < -0.39 is 22.0 Å². The minimum atomic E-state index is -3.99. The van der Waals surface area contributed by atoms with Crippen molar-refractivity contribution in [2.75, 3.05) is 11.1 Å². The molecular formula is C15H18N6O3S4. The lowest BCUT2D eigenvalue weighted by molar-refractivity contribution is -0.118. The van der Waals surface area contributed by atoms with Gasteiger partial charge in [0.25, 0.3) is 0 Å². The maximum atomic E-state index is 12.9. The van der Waals surface area contributed by atoms with Crippen LogP contribution in [0.1, 0.15) is 20.8 Å². The van der Waals surface area contributed by atoms with Gasteiger partial charge in [-0.15, -0.1) is 10.2 Å². The van der Waals surface area contributed by atoms with Gasteiger partial charge in [-0.2, -0.15) is 13.5 Å². The van der Waals surface area contributed by atoms with Crippen molar-refractivity contribution in [3.05, 3.63) is 18.2 Å². The predicted octanol–water partition coefficient (Wildman–Crippen LogP) is 2.60. The Labute approximate surface area is 174 Å². The van der Waals surface area contributed by atoms with Crippen LogP contribution in [0.4, 0.5) is 5.13 Å². The number of nitrogens with zero attached hydrogens (tertiary/aromatic N) is 4. The topological polar surface area (TPSA) is 127 Å². The summed E-state index contributed by atoms with van der Waals surface area (Å²) in [7, 11) is -3.99. The number of anilines is 1. The molecule has 13 heteroatoms. The number of amides is 1. The van der Waals surface area contributed by atoms with Crippen LogP contribution in [0.2, 0.25) is 0 Å². The van der Waals surface area contributed by atoms with Gasteiger partial charge >= 0.3 is 0 Å². The average molecular weight is 459 g/mol. The first-order chi connectivity index (χ1) is 13.3. The van der Waals surface area contributed by atoms with E-state index in [1.165, 1.54) is 29.2 Å². The van der Waals surface area contributed by atoms with Gasteiger partial charge in [0, 0.05) is 0 Å². The molecule has 150 valence electrons. The van der Waals surface area contributed by atoms with Crippen LogP contribution in [0.5, 0.6) is 0 Å². The highest BCUT2D eigenvalue weighted by Gasteiger charge is 2.30. The third-order valence-corrected chi connectivity index (χ3v) is 7.54. The molecule has 2 heterocycles. The number of carbonyl (C=O) groups is 1. The van der Waals surface area contributed by atoms with Gasteiger partial charge in [-0.25, -0.2) is 8.42 Å². The number of aromatic nitrogens is 4. The Morgan fingerprint density at radius 2 is 2.04 bits per heavy atom. The first kappa shape index (κ1) is 21.0. The number of fused-ring (bicyclic) bond motifs is 1. The van der Waals surface area contributed by atoms with Gasteiger partial charge in [0.2, 0.25) is 21.1 Å². The number of nitrogens with one attached hydrogen (secondary N) is 2. The molecule has 1 atom stereocenters. The number of carbonyl (C=O) groups excluding carboxylic acids is 1. The third-order valence-electron chi connectivity index (χ3n) is 3.67. The molecule has 3 rings (SSSR count). The highest BCUT2D eigenvalue weighted by atomic mass is 32.2. The van der Waals surface area contributed by atoms with Gasteiger partial charge in [-0.3, -0.25) is 10.1 Å². The molecule has 0 spiro atoms. The molecular weight excluding hydrogens is 440 g/mol. The van der Waals surface area contributed by atoms with E-state index in [4.69, 9.17) is 0 Å². The number of hydrogen-bond donors (Lipinski definition) is 2. The molecule has 0 aliphatic carbocycles. The smallest absolute Gasteiger partial charge is 0.244 e. The van der Waals surface area contributed by atoms with Crippen LogP contribution in [0.25, 0.3) is 11.0 Å². The van der Waals surface area contributed by atoms with E-state index in [1.807, 2.05) is 6.92 Å². The maximum Gasteiger partial charge on any atom is 0.244 e. The normalized spacial score (nSPS) is 13.1. The molecule has 1 amide bonds. The van der Waals surface area contributed by atoms with Crippen molar-refractivity contribution >= 4 is 66.9 Å². The van der Waals surface area contributed by atoms with Crippen molar-refractivity contribution in [2.45, 2.75) is 36.0 Å². The second kappa shape index (κ2) is 8.78. The summed E-state index contributed by atoms with van der Waals surface area (Å²) < 4.78 is 37.2. The second-order valence-corrected chi connectivity index (χ2v) is 10.7. The lowest BCUT2D eigenvalue weighted by Gasteiger charge is -2.21. The molecule has 9 nitrogen and oxygen atoms in total. The minimum Gasteiger partial charge on any atom is -0.299 e. The summed E-state index contributed by atoms with van der Waals surface area (Å²) in [6.07, 6.45) is 0. The van der Waals surface area contributed by atoms with Crippen molar-refractivity contribution in [2.24, 2.45) is 5.92 Å². The number of benzene rings is 1. The lowest BCUT2D eigenvalue weighted by atomic mass is 10.1. The number of hydrogen-bond acceptors (Lipinski definition) is 10. The molecule has 2 N–H and O–H groups in total. The largest absolute Gasteiger partial charge is 0.299 e. The standard InChI is InChI=1S/C15H18N6O3S4/c1-4-25-15-18-17-14(26-15)16-13(22)11(8(2)3)21-28(23,24)10-7-5-6-9-12(10)20-27-19-9/h5-8,11,21H,4H2,1-3H3,(H,16,17,22). The lowest BCUT2D eigenvalue weighted by Crippen LogP contribution is -2.47. The van der Waals surface area contributed by atoms with Gasteiger partial charge in [0.15, 0.2) is 4.34 Å². The maximum absolute atomic E-state index is 12.9. The fourth-order valence-corrected chi connectivity index (χ4v) is 6.11. The van der Waals surface area contributed by atoms with Gasteiger partial charge in [-0.1, -0.05) is 49.9 Å². The van der Waals surface area contributed by atoms with Crippen molar-refractivity contribution in [1.82, 2.24) is 23.7 Å². The monoisotopic (exact) mass is 458 g/mol. The Morgan fingerprint density at radius 1 is 1.25 bits per heavy atom. The second-order valence-electron chi connectivity index (χ2n) is 6.03. The summed E-state index contributed by atoms with van der Waals surface area (Å²) in [5, 5.41) is 10.9. The van der Waals surface area contributed by atoms with Crippen LogP contribution in [0, 0.1) is 5.92 Å². The summed E-state index contributed by atoms with van der Waals surface area (Å²) in [6.45, 7) is 5.51. The van der Waals surface area contributed by atoms with Crippen LogP contribution in [0.15, 0.2) is 27.4 Å². The van der Waals surface area contributed by atoms with E-state index in [1.54, 1.807) is 26.0 Å². The van der Waals surface area contributed by atoms with Crippen molar-refractivity contribution in [1.29, 1.82) is 0 Å². The molecule has 0 fully saturated rings. The van der Waals surface area contributed by atoms with E-state index >= 15 is 0 Å². The van der Waals surface area contributed by atoms with E-state index in [9.17, 15) is 13.2 Å². The summed E-state index contributed by atoms with van der Waals surface area (Å²) >= 11 is 3.70. The first-order valence-corrected chi connectivity index (χ1v) is 12.3. The van der Waals surface area contributed by atoms with Gasteiger partial charge in [-0.05, 0) is 23.8 Å². The average Bonchev–Trinajstić information content (AvgIpc) is 3.28. The van der Waals surface area contributed by atoms with Gasteiger partial charge in [0.05, 0.1) is 11.7 Å². The Bertz CT molecular complexity index is 1080. The third kappa shape index (κ3) is 4.66. The fraction of sp³-hybridized carbons (Fsp3) is 0.400. The number of rotatable bonds is 8. The number of thioether (sulfide) groups is 1. The summed E-state index contributed by atoms with van der Waals surface area (Å²) in [5.41, 5.74) is 0.779. The summed E-state index contributed by atoms with van der Waals surface area (Å²) in [4.78, 5) is 12.7. The Hall–Kier alpha value is -1.67. The zero-order chi connectivity index (χ0) is 20.3. The Balaban J connectivity index is 1.81. The Kier molecular flexibility index (Phi) is 6.60. The highest BCUT2D eigenvalue weighted by Crippen LogP contribution is 2.26. The Morgan fingerprint density at radius 3 is 2.75 bits per heavy atom. The molecule has 0 bridgehead atoms. The van der Waals surface area contributed by atoms with Crippen molar-refractivity contribution < 1.29 is 13.2 Å². The van der Waals surface area contributed by atoms with E-state index in [-0.39, 0.29) is 16.3 Å². The molecule has 1 aromatic carbocycles. The van der Waals surface area contributed by atoms with Gasteiger partial charge < -0.3 is 0 Å². The molecule has 0 saturated carbocycles.